The van der Waals surface area contributed by atoms with Crippen LogP contribution in [0, 0.1) is 13.8 Å². The van der Waals surface area contributed by atoms with E-state index in [1.165, 1.54) is 7.11 Å². The number of phenolic OH excluding ortho intramolecular Hbond substituents is 1. The summed E-state index contributed by atoms with van der Waals surface area (Å²) in [5, 5.41) is 13.8. The van der Waals surface area contributed by atoms with Crippen LogP contribution in [-0.4, -0.2) is 36.8 Å². The molecule has 0 aliphatic carbocycles. The third-order valence-electron chi connectivity index (χ3n) is 4.72. The molecule has 1 aromatic heterocycles. The van der Waals surface area contributed by atoms with Gasteiger partial charge in [-0.3, -0.25) is 4.79 Å². The number of hydrogen-bond donors (Lipinski definition) is 3. The van der Waals surface area contributed by atoms with Gasteiger partial charge in [0.05, 0.1) is 14.2 Å². The molecule has 1 amide bonds. The molecular weight excluding hydrogens is 344 g/mol. The van der Waals surface area contributed by atoms with Crippen LogP contribution >= 0.6 is 0 Å². The first kappa shape index (κ1) is 18.6. The molecule has 0 saturated carbocycles. The number of carbonyl (C=O) groups excluding carboxylic acids is 1. The zero-order valence-corrected chi connectivity index (χ0v) is 16.0. The molecule has 2 aromatic carbocycles. The van der Waals surface area contributed by atoms with Gasteiger partial charge < -0.3 is 24.9 Å². The third kappa shape index (κ3) is 3.69. The number of carbonyl (C=O) groups is 1. The Labute approximate surface area is 158 Å². The van der Waals surface area contributed by atoms with Crippen molar-refractivity contribution in [1.82, 2.24) is 10.3 Å². The number of H-pyrrole nitrogens is 1. The fourth-order valence-corrected chi connectivity index (χ4v) is 3.34. The molecule has 0 atom stereocenters. The highest BCUT2D eigenvalue weighted by Crippen LogP contribution is 2.29. The molecule has 27 heavy (non-hydrogen) atoms. The summed E-state index contributed by atoms with van der Waals surface area (Å²) in [6.07, 6.45) is 0.660. The molecular formula is C21H24N2O4. The number of amides is 1. The van der Waals surface area contributed by atoms with Crippen LogP contribution in [0.3, 0.4) is 0 Å². The standard InChI is InChI=1S/C21H24N2O4/c1-12-9-15(24)11-17-16(13(2)23-20(12)17)7-8-22-21(25)14-5-6-18(26-3)19(10-14)27-4/h5-6,9-11,23-24H,7-8H2,1-4H3,(H,22,25). The van der Waals surface area contributed by atoms with Gasteiger partial charge in [0.15, 0.2) is 11.5 Å². The Morgan fingerprint density at radius 1 is 1.11 bits per heavy atom. The maximum Gasteiger partial charge on any atom is 0.251 e. The van der Waals surface area contributed by atoms with E-state index in [0.717, 1.165) is 27.7 Å². The summed E-state index contributed by atoms with van der Waals surface area (Å²) < 4.78 is 10.4. The fraction of sp³-hybridized carbons (Fsp3) is 0.286. The van der Waals surface area contributed by atoms with Gasteiger partial charge in [-0.1, -0.05) is 0 Å². The number of rotatable bonds is 6. The zero-order chi connectivity index (χ0) is 19.6. The molecule has 3 aromatic rings. The number of aromatic hydroxyl groups is 1. The fourth-order valence-electron chi connectivity index (χ4n) is 3.34. The quantitative estimate of drug-likeness (QED) is 0.622. The van der Waals surface area contributed by atoms with E-state index in [1.54, 1.807) is 37.4 Å². The Bertz CT molecular complexity index is 992. The topological polar surface area (TPSA) is 83.6 Å². The molecule has 0 aliphatic heterocycles. The molecule has 0 bridgehead atoms. The number of benzene rings is 2. The highest BCUT2D eigenvalue weighted by atomic mass is 16.5. The van der Waals surface area contributed by atoms with Crippen molar-refractivity contribution in [1.29, 1.82) is 0 Å². The first-order valence-corrected chi connectivity index (χ1v) is 8.75. The number of phenols is 1. The van der Waals surface area contributed by atoms with Crippen molar-refractivity contribution < 1.29 is 19.4 Å². The van der Waals surface area contributed by atoms with E-state index in [1.807, 2.05) is 13.8 Å². The minimum Gasteiger partial charge on any atom is -0.508 e. The highest BCUT2D eigenvalue weighted by molar-refractivity contribution is 5.95. The molecule has 0 unspecified atom stereocenters. The molecule has 0 fully saturated rings. The second kappa shape index (κ2) is 7.61. The molecule has 142 valence electrons. The van der Waals surface area contributed by atoms with Gasteiger partial charge in [0.1, 0.15) is 5.75 Å². The van der Waals surface area contributed by atoms with E-state index in [9.17, 15) is 9.90 Å². The van der Waals surface area contributed by atoms with Gasteiger partial charge in [-0.05, 0) is 61.7 Å². The molecule has 0 aliphatic rings. The Morgan fingerprint density at radius 2 is 1.85 bits per heavy atom. The van der Waals surface area contributed by atoms with Gasteiger partial charge in [-0.25, -0.2) is 0 Å². The van der Waals surface area contributed by atoms with Crippen LogP contribution in [-0.2, 0) is 6.42 Å². The SMILES string of the molecule is COc1ccc(C(=O)NCCc2c(C)[nH]c3c(C)cc(O)cc23)cc1OC. The van der Waals surface area contributed by atoms with Crippen molar-refractivity contribution in [3.63, 3.8) is 0 Å². The van der Waals surface area contributed by atoms with E-state index in [0.29, 0.717) is 30.0 Å². The highest BCUT2D eigenvalue weighted by Gasteiger charge is 2.13. The largest absolute Gasteiger partial charge is 0.508 e. The van der Waals surface area contributed by atoms with Gasteiger partial charge >= 0.3 is 0 Å². The molecule has 0 radical (unpaired) electrons. The molecule has 6 heteroatoms. The lowest BCUT2D eigenvalue weighted by molar-refractivity contribution is 0.0953. The number of aryl methyl sites for hydroxylation is 2. The minimum absolute atomic E-state index is 0.174. The van der Waals surface area contributed by atoms with Crippen molar-refractivity contribution in [2.45, 2.75) is 20.3 Å². The first-order valence-electron chi connectivity index (χ1n) is 8.75. The van der Waals surface area contributed by atoms with Crippen LogP contribution < -0.4 is 14.8 Å². The molecule has 3 N–H and O–H groups in total. The summed E-state index contributed by atoms with van der Waals surface area (Å²) in [7, 11) is 3.09. The van der Waals surface area contributed by atoms with Gasteiger partial charge in [0.25, 0.3) is 5.91 Å². The normalized spacial score (nSPS) is 10.8. The Kier molecular flexibility index (Phi) is 5.26. The predicted octanol–water partition coefficient (Wildman–Crippen LogP) is 3.48. The lowest BCUT2D eigenvalue weighted by Crippen LogP contribution is -2.25. The van der Waals surface area contributed by atoms with Gasteiger partial charge in [-0.2, -0.15) is 0 Å². The first-order chi connectivity index (χ1) is 12.9. The van der Waals surface area contributed by atoms with Crippen LogP contribution in [0.4, 0.5) is 0 Å². The molecule has 1 heterocycles. The van der Waals surface area contributed by atoms with Gasteiger partial charge in [-0.15, -0.1) is 0 Å². The second-order valence-electron chi connectivity index (χ2n) is 6.49. The average Bonchev–Trinajstić information content (AvgIpc) is 2.97. The van der Waals surface area contributed by atoms with Crippen molar-refractivity contribution in [3.05, 3.63) is 52.7 Å². The maximum atomic E-state index is 12.4. The van der Waals surface area contributed by atoms with Crippen molar-refractivity contribution in [3.8, 4) is 17.2 Å². The second-order valence-corrected chi connectivity index (χ2v) is 6.49. The number of methoxy groups -OCH3 is 2. The van der Waals surface area contributed by atoms with E-state index < -0.39 is 0 Å². The molecule has 0 saturated heterocycles. The maximum absolute atomic E-state index is 12.4. The van der Waals surface area contributed by atoms with E-state index in [-0.39, 0.29) is 11.7 Å². The van der Waals surface area contributed by atoms with Crippen molar-refractivity contribution in [2.75, 3.05) is 20.8 Å². The van der Waals surface area contributed by atoms with E-state index >= 15 is 0 Å². The summed E-state index contributed by atoms with van der Waals surface area (Å²) in [6.45, 7) is 4.44. The van der Waals surface area contributed by atoms with Gasteiger partial charge in [0.2, 0.25) is 0 Å². The predicted molar refractivity (Wildman–Crippen MR) is 105 cm³/mol. The lowest BCUT2D eigenvalue weighted by Gasteiger charge is -2.10. The summed E-state index contributed by atoms with van der Waals surface area (Å²) in [4.78, 5) is 15.8. The van der Waals surface area contributed by atoms with Crippen LogP contribution in [0.25, 0.3) is 10.9 Å². The lowest BCUT2D eigenvalue weighted by atomic mass is 10.1. The average molecular weight is 368 g/mol. The number of ether oxygens (including phenoxy) is 2. The van der Waals surface area contributed by atoms with E-state index in [2.05, 4.69) is 10.3 Å². The number of aromatic amines is 1. The summed E-state index contributed by atoms with van der Waals surface area (Å²) in [5.41, 5.74) is 4.66. The zero-order valence-electron chi connectivity index (χ0n) is 16.0. The monoisotopic (exact) mass is 368 g/mol. The van der Waals surface area contributed by atoms with Crippen LogP contribution in [0.1, 0.15) is 27.2 Å². The number of aromatic nitrogens is 1. The summed E-state index contributed by atoms with van der Waals surface area (Å²) >= 11 is 0. The Morgan fingerprint density at radius 3 is 2.56 bits per heavy atom. The number of hydrogen-bond acceptors (Lipinski definition) is 4. The van der Waals surface area contributed by atoms with Crippen LogP contribution in [0.15, 0.2) is 30.3 Å². The van der Waals surface area contributed by atoms with E-state index in [4.69, 9.17) is 9.47 Å². The smallest absolute Gasteiger partial charge is 0.251 e. The van der Waals surface area contributed by atoms with Crippen LogP contribution in [0.5, 0.6) is 17.2 Å². The number of nitrogens with one attached hydrogen (secondary N) is 2. The number of fused-ring (bicyclic) bond motifs is 1. The molecule has 3 rings (SSSR count). The van der Waals surface area contributed by atoms with Crippen LogP contribution in [0.2, 0.25) is 0 Å². The molecule has 6 nitrogen and oxygen atoms in total. The summed E-state index contributed by atoms with van der Waals surface area (Å²) in [6, 6.07) is 8.57. The van der Waals surface area contributed by atoms with Crippen molar-refractivity contribution >= 4 is 16.8 Å². The summed E-state index contributed by atoms with van der Waals surface area (Å²) in [5.74, 6) is 1.17. The molecule has 0 spiro atoms. The Hall–Kier alpha value is -3.15. The Balaban J connectivity index is 1.72. The third-order valence-corrected chi connectivity index (χ3v) is 4.72. The van der Waals surface area contributed by atoms with Gasteiger partial charge in [0, 0.05) is 28.7 Å². The minimum atomic E-state index is -0.174. The van der Waals surface area contributed by atoms with Crippen molar-refractivity contribution in [2.24, 2.45) is 0 Å².